The van der Waals surface area contributed by atoms with Gasteiger partial charge in [0.05, 0.1) is 18.2 Å². The van der Waals surface area contributed by atoms with Crippen LogP contribution < -0.4 is 5.56 Å². The molecule has 3 aromatic rings. The zero-order valence-corrected chi connectivity index (χ0v) is 11.3. The molecule has 0 aliphatic carbocycles. The van der Waals surface area contributed by atoms with Gasteiger partial charge in [-0.15, -0.1) is 0 Å². The molecule has 0 aliphatic heterocycles. The number of nitrogens with zero attached hydrogens (tertiary/aromatic N) is 2. The van der Waals surface area contributed by atoms with Crippen molar-refractivity contribution in [2.75, 3.05) is 7.11 Å². The number of rotatable bonds is 2. The average molecular weight is 280 g/mol. The second-order valence-electron chi connectivity index (χ2n) is 4.48. The Kier molecular flexibility index (Phi) is 3.23. The predicted molar refractivity (Wildman–Crippen MR) is 78.7 cm³/mol. The van der Waals surface area contributed by atoms with Crippen molar-refractivity contribution in [1.29, 1.82) is 0 Å². The van der Waals surface area contributed by atoms with Gasteiger partial charge in [0.2, 0.25) is 0 Å². The number of ether oxygens (including phenoxy) is 1. The standard InChI is InChI=1S/C16H12N2O3/c1-21-16(20)12-7-9-15(19)18(10-12)14-8-6-11-4-2-3-5-13(11)17-14/h2-10H,1H3. The monoisotopic (exact) mass is 280 g/mol. The number of esters is 1. The van der Waals surface area contributed by atoms with Gasteiger partial charge in [-0.05, 0) is 24.3 Å². The number of hydrogen-bond acceptors (Lipinski definition) is 4. The van der Waals surface area contributed by atoms with Crippen LogP contribution >= 0.6 is 0 Å². The highest BCUT2D eigenvalue weighted by atomic mass is 16.5. The van der Waals surface area contributed by atoms with Crippen LogP contribution in [-0.2, 0) is 4.74 Å². The number of hydrogen-bond donors (Lipinski definition) is 0. The molecule has 2 heterocycles. The van der Waals surface area contributed by atoms with Crippen molar-refractivity contribution >= 4 is 16.9 Å². The second kappa shape index (κ2) is 5.20. The summed E-state index contributed by atoms with van der Waals surface area (Å²) in [7, 11) is 1.30. The van der Waals surface area contributed by atoms with E-state index < -0.39 is 5.97 Å². The molecule has 5 nitrogen and oxygen atoms in total. The number of methoxy groups -OCH3 is 1. The summed E-state index contributed by atoms with van der Waals surface area (Å²) in [5.74, 6) is -0.0333. The van der Waals surface area contributed by atoms with E-state index in [1.165, 1.54) is 30.0 Å². The molecule has 3 rings (SSSR count). The van der Waals surface area contributed by atoms with Crippen LogP contribution in [0.5, 0.6) is 0 Å². The molecule has 2 aromatic heterocycles. The second-order valence-corrected chi connectivity index (χ2v) is 4.48. The molecule has 0 atom stereocenters. The van der Waals surface area contributed by atoms with Crippen molar-refractivity contribution < 1.29 is 9.53 Å². The molecule has 0 spiro atoms. The van der Waals surface area contributed by atoms with Crippen LogP contribution in [0.1, 0.15) is 10.4 Å². The van der Waals surface area contributed by atoms with Crippen molar-refractivity contribution in [3.05, 3.63) is 70.6 Å². The molecule has 0 saturated heterocycles. The first kappa shape index (κ1) is 13.1. The summed E-state index contributed by atoms with van der Waals surface area (Å²) in [6.07, 6.45) is 1.44. The highest BCUT2D eigenvalue weighted by Gasteiger charge is 2.09. The molecular formula is C16H12N2O3. The minimum atomic E-state index is -0.496. The Morgan fingerprint density at radius 3 is 2.71 bits per heavy atom. The van der Waals surface area contributed by atoms with E-state index in [0.29, 0.717) is 11.4 Å². The van der Waals surface area contributed by atoms with Crippen LogP contribution in [0.2, 0.25) is 0 Å². The zero-order chi connectivity index (χ0) is 14.8. The van der Waals surface area contributed by atoms with Gasteiger partial charge in [0.1, 0.15) is 5.82 Å². The van der Waals surface area contributed by atoms with Gasteiger partial charge in [-0.25, -0.2) is 9.78 Å². The molecule has 0 saturated carbocycles. The van der Waals surface area contributed by atoms with Gasteiger partial charge in [-0.2, -0.15) is 0 Å². The molecule has 0 fully saturated rings. The summed E-state index contributed by atoms with van der Waals surface area (Å²) < 4.78 is 5.99. The fourth-order valence-corrected chi connectivity index (χ4v) is 2.09. The SMILES string of the molecule is COC(=O)c1ccc(=O)n(-c2ccc3ccccc3n2)c1. The zero-order valence-electron chi connectivity index (χ0n) is 11.3. The number of aromatic nitrogens is 2. The first-order valence-corrected chi connectivity index (χ1v) is 6.36. The maximum Gasteiger partial charge on any atom is 0.339 e. The summed E-state index contributed by atoms with van der Waals surface area (Å²) in [6.45, 7) is 0. The lowest BCUT2D eigenvalue weighted by Gasteiger charge is -2.07. The van der Waals surface area contributed by atoms with Gasteiger partial charge in [-0.3, -0.25) is 9.36 Å². The van der Waals surface area contributed by atoms with Crippen LogP contribution in [0.3, 0.4) is 0 Å². The van der Waals surface area contributed by atoms with Crippen LogP contribution in [0.15, 0.2) is 59.5 Å². The molecule has 0 aliphatic rings. The summed E-state index contributed by atoms with van der Waals surface area (Å²) >= 11 is 0. The van der Waals surface area contributed by atoms with Gasteiger partial charge < -0.3 is 4.74 Å². The number of carbonyl (C=O) groups is 1. The first-order valence-electron chi connectivity index (χ1n) is 6.36. The van der Waals surface area contributed by atoms with Gasteiger partial charge >= 0.3 is 5.97 Å². The van der Waals surface area contributed by atoms with E-state index in [4.69, 9.17) is 0 Å². The van der Waals surface area contributed by atoms with Gasteiger partial charge in [-0.1, -0.05) is 18.2 Å². The van der Waals surface area contributed by atoms with Gasteiger partial charge in [0, 0.05) is 17.6 Å². The smallest absolute Gasteiger partial charge is 0.339 e. The highest BCUT2D eigenvalue weighted by Crippen LogP contribution is 2.13. The topological polar surface area (TPSA) is 61.2 Å². The normalized spacial score (nSPS) is 10.5. The third-order valence-corrected chi connectivity index (χ3v) is 3.16. The molecule has 0 unspecified atom stereocenters. The third-order valence-electron chi connectivity index (χ3n) is 3.16. The largest absolute Gasteiger partial charge is 0.465 e. The van der Waals surface area contributed by atoms with Crippen LogP contribution in [0.4, 0.5) is 0 Å². The Morgan fingerprint density at radius 2 is 1.90 bits per heavy atom. The molecule has 104 valence electrons. The van der Waals surface area contributed by atoms with Crippen molar-refractivity contribution in [2.24, 2.45) is 0 Å². The fourth-order valence-electron chi connectivity index (χ4n) is 2.09. The molecule has 1 aromatic carbocycles. The third kappa shape index (κ3) is 2.41. The molecule has 0 radical (unpaired) electrons. The van der Waals surface area contributed by atoms with Crippen molar-refractivity contribution in [1.82, 2.24) is 9.55 Å². The lowest BCUT2D eigenvalue weighted by Crippen LogP contribution is -2.19. The summed E-state index contributed by atoms with van der Waals surface area (Å²) in [5, 5.41) is 0.985. The van der Waals surface area contributed by atoms with E-state index in [0.717, 1.165) is 10.9 Å². The average Bonchev–Trinajstić information content (AvgIpc) is 2.54. The van der Waals surface area contributed by atoms with E-state index in [-0.39, 0.29) is 5.56 Å². The minimum absolute atomic E-state index is 0.259. The molecule has 0 N–H and O–H groups in total. The van der Waals surface area contributed by atoms with Crippen molar-refractivity contribution in [3.8, 4) is 5.82 Å². The Hall–Kier alpha value is -2.95. The maximum atomic E-state index is 12.0. The van der Waals surface area contributed by atoms with E-state index in [2.05, 4.69) is 9.72 Å². The van der Waals surface area contributed by atoms with Crippen LogP contribution in [0, 0.1) is 0 Å². The Bertz CT molecular complexity index is 884. The summed E-state index contributed by atoms with van der Waals surface area (Å²) in [5.41, 5.74) is 0.822. The first-order chi connectivity index (χ1) is 10.2. The number of fused-ring (bicyclic) bond motifs is 1. The Balaban J connectivity index is 2.17. The molecule has 21 heavy (non-hydrogen) atoms. The van der Waals surface area contributed by atoms with Crippen molar-refractivity contribution in [3.63, 3.8) is 0 Å². The predicted octanol–water partition coefficient (Wildman–Crippen LogP) is 2.17. The molecule has 0 amide bonds. The Labute approximate surface area is 120 Å². The molecule has 0 bridgehead atoms. The lowest BCUT2D eigenvalue weighted by molar-refractivity contribution is 0.0600. The molecule has 5 heteroatoms. The number of pyridine rings is 2. The van der Waals surface area contributed by atoms with E-state index in [9.17, 15) is 9.59 Å². The maximum absolute atomic E-state index is 12.0. The van der Waals surface area contributed by atoms with Gasteiger partial charge in [0.25, 0.3) is 5.56 Å². The number of benzene rings is 1. The minimum Gasteiger partial charge on any atom is -0.465 e. The number of para-hydroxylation sites is 1. The number of carbonyl (C=O) groups excluding carboxylic acids is 1. The van der Waals surface area contributed by atoms with Crippen LogP contribution in [-0.4, -0.2) is 22.6 Å². The quantitative estimate of drug-likeness (QED) is 0.675. The summed E-state index contributed by atoms with van der Waals surface area (Å²) in [6, 6.07) is 14.0. The molecular weight excluding hydrogens is 268 g/mol. The summed E-state index contributed by atoms with van der Waals surface area (Å²) in [4.78, 5) is 28.0. The van der Waals surface area contributed by atoms with Crippen LogP contribution in [0.25, 0.3) is 16.7 Å². The van der Waals surface area contributed by atoms with E-state index in [1.54, 1.807) is 6.07 Å². The van der Waals surface area contributed by atoms with Gasteiger partial charge in [0.15, 0.2) is 0 Å². The van der Waals surface area contributed by atoms with E-state index in [1.807, 2.05) is 30.3 Å². The van der Waals surface area contributed by atoms with Crippen molar-refractivity contribution in [2.45, 2.75) is 0 Å². The fraction of sp³-hybridized carbons (Fsp3) is 0.0625. The lowest BCUT2D eigenvalue weighted by atomic mass is 10.2. The van der Waals surface area contributed by atoms with E-state index >= 15 is 0 Å². The highest BCUT2D eigenvalue weighted by molar-refractivity contribution is 5.89. The Morgan fingerprint density at radius 1 is 1.10 bits per heavy atom.